The first-order valence-corrected chi connectivity index (χ1v) is 9.81. The maximum atomic E-state index is 12.6. The lowest BCUT2D eigenvalue weighted by molar-refractivity contribution is -0.00119. The molecule has 4 rings (SSSR count). The van der Waals surface area contributed by atoms with Gasteiger partial charge in [-0.1, -0.05) is 49.4 Å². The molecule has 138 valence electrons. The average Bonchev–Trinajstić information content (AvgIpc) is 2.92. The second-order valence-electron chi connectivity index (χ2n) is 7.22. The smallest absolute Gasteiger partial charge is 0.272 e. The summed E-state index contributed by atoms with van der Waals surface area (Å²) >= 11 is 5.96. The molecule has 5 nitrogen and oxygen atoms in total. The summed E-state index contributed by atoms with van der Waals surface area (Å²) in [5, 5.41) is 8.40. The number of amides is 1. The zero-order chi connectivity index (χ0) is 17.9. The SMILES string of the molecule is O=C(NC1CCCCCC1)c1cc2n(n1)C[C@H](c1ccc(Cl)cc1)OC2. The second kappa shape index (κ2) is 7.80. The van der Waals surface area contributed by atoms with Crippen LogP contribution in [0.3, 0.4) is 0 Å². The highest BCUT2D eigenvalue weighted by molar-refractivity contribution is 6.30. The summed E-state index contributed by atoms with van der Waals surface area (Å²) in [4.78, 5) is 12.6. The van der Waals surface area contributed by atoms with Gasteiger partial charge < -0.3 is 10.1 Å². The Morgan fingerprint density at radius 3 is 2.62 bits per heavy atom. The van der Waals surface area contributed by atoms with Gasteiger partial charge in [0.25, 0.3) is 5.91 Å². The van der Waals surface area contributed by atoms with Crippen molar-refractivity contribution in [3.63, 3.8) is 0 Å². The summed E-state index contributed by atoms with van der Waals surface area (Å²) in [6.07, 6.45) is 7.01. The van der Waals surface area contributed by atoms with Crippen molar-refractivity contribution in [3.05, 3.63) is 52.3 Å². The number of fused-ring (bicyclic) bond motifs is 1. The van der Waals surface area contributed by atoms with Gasteiger partial charge in [-0.2, -0.15) is 5.10 Å². The van der Waals surface area contributed by atoms with Crippen molar-refractivity contribution < 1.29 is 9.53 Å². The molecule has 1 N–H and O–H groups in total. The number of carbonyl (C=O) groups is 1. The third kappa shape index (κ3) is 3.94. The first-order chi connectivity index (χ1) is 12.7. The molecule has 1 fully saturated rings. The number of hydrogen-bond donors (Lipinski definition) is 1. The molecule has 0 unspecified atom stereocenters. The van der Waals surface area contributed by atoms with E-state index in [0.29, 0.717) is 23.9 Å². The van der Waals surface area contributed by atoms with E-state index in [2.05, 4.69) is 10.4 Å². The molecule has 0 saturated heterocycles. The summed E-state index contributed by atoms with van der Waals surface area (Å²) in [5.74, 6) is -0.0677. The molecule has 2 aromatic rings. The van der Waals surface area contributed by atoms with Crippen molar-refractivity contribution in [2.75, 3.05) is 0 Å². The fourth-order valence-electron chi connectivity index (χ4n) is 3.80. The average molecular weight is 374 g/mol. The van der Waals surface area contributed by atoms with Crippen LogP contribution < -0.4 is 5.32 Å². The first kappa shape index (κ1) is 17.6. The molecule has 0 spiro atoms. The Balaban J connectivity index is 1.43. The first-order valence-electron chi connectivity index (χ1n) is 9.44. The fourth-order valence-corrected chi connectivity index (χ4v) is 3.92. The van der Waals surface area contributed by atoms with Crippen molar-refractivity contribution >= 4 is 17.5 Å². The molecule has 1 aliphatic carbocycles. The van der Waals surface area contributed by atoms with Crippen LogP contribution in [0.5, 0.6) is 0 Å². The number of aromatic nitrogens is 2. The number of rotatable bonds is 3. The number of nitrogens with one attached hydrogen (secondary N) is 1. The van der Waals surface area contributed by atoms with Gasteiger partial charge in [0.2, 0.25) is 0 Å². The van der Waals surface area contributed by atoms with Gasteiger partial charge in [-0.05, 0) is 36.6 Å². The maximum absolute atomic E-state index is 12.6. The minimum Gasteiger partial charge on any atom is -0.365 e. The predicted octanol–water partition coefficient (Wildman–Crippen LogP) is 4.26. The van der Waals surface area contributed by atoms with E-state index in [1.165, 1.54) is 25.7 Å². The topological polar surface area (TPSA) is 56.2 Å². The summed E-state index contributed by atoms with van der Waals surface area (Å²) in [6.45, 7) is 1.06. The molecule has 1 atom stereocenters. The van der Waals surface area contributed by atoms with Crippen LogP contribution in [0.15, 0.2) is 30.3 Å². The summed E-state index contributed by atoms with van der Waals surface area (Å²) in [6, 6.07) is 9.81. The second-order valence-corrected chi connectivity index (χ2v) is 7.65. The van der Waals surface area contributed by atoms with Crippen LogP contribution in [0.2, 0.25) is 5.02 Å². The Bertz CT molecular complexity index is 764. The zero-order valence-corrected chi connectivity index (χ0v) is 15.5. The van der Waals surface area contributed by atoms with E-state index in [4.69, 9.17) is 16.3 Å². The zero-order valence-electron chi connectivity index (χ0n) is 14.8. The molecule has 6 heteroatoms. The van der Waals surface area contributed by atoms with Gasteiger partial charge in [-0.15, -0.1) is 0 Å². The fraction of sp³-hybridized carbons (Fsp3) is 0.500. The molecule has 0 radical (unpaired) electrons. The standard InChI is InChI=1S/C20H24ClN3O2/c21-15-9-7-14(8-10-15)19-12-24-17(13-26-19)11-18(23-24)20(25)22-16-5-3-1-2-4-6-16/h7-11,16,19H,1-6,12-13H2,(H,22,25)/t19-/m1/s1. The number of hydrogen-bond acceptors (Lipinski definition) is 3. The molecular weight excluding hydrogens is 350 g/mol. The molecule has 2 heterocycles. The largest absolute Gasteiger partial charge is 0.365 e. The lowest BCUT2D eigenvalue weighted by Gasteiger charge is -2.24. The van der Waals surface area contributed by atoms with Crippen LogP contribution in [0, 0.1) is 0 Å². The van der Waals surface area contributed by atoms with Gasteiger partial charge in [0.05, 0.1) is 18.8 Å². The molecule has 1 amide bonds. The van der Waals surface area contributed by atoms with Crippen LogP contribution in [-0.4, -0.2) is 21.7 Å². The Morgan fingerprint density at radius 1 is 1.15 bits per heavy atom. The molecule has 1 aromatic carbocycles. The van der Waals surface area contributed by atoms with E-state index in [9.17, 15) is 4.79 Å². The van der Waals surface area contributed by atoms with Gasteiger partial charge in [0, 0.05) is 11.1 Å². The highest BCUT2D eigenvalue weighted by Gasteiger charge is 2.25. The van der Waals surface area contributed by atoms with E-state index >= 15 is 0 Å². The number of benzene rings is 1. The summed E-state index contributed by atoms with van der Waals surface area (Å²) in [7, 11) is 0. The summed E-state index contributed by atoms with van der Waals surface area (Å²) in [5.41, 5.74) is 2.51. The van der Waals surface area contributed by atoms with Crippen LogP contribution in [0.25, 0.3) is 0 Å². The minimum absolute atomic E-state index is 0.0677. The van der Waals surface area contributed by atoms with Gasteiger partial charge >= 0.3 is 0 Å². The predicted molar refractivity (Wildman–Crippen MR) is 100 cm³/mol. The van der Waals surface area contributed by atoms with E-state index < -0.39 is 0 Å². The molecule has 1 aliphatic heterocycles. The van der Waals surface area contributed by atoms with Crippen LogP contribution in [0.4, 0.5) is 0 Å². The van der Waals surface area contributed by atoms with Gasteiger partial charge in [0.15, 0.2) is 5.69 Å². The minimum atomic E-state index is -0.0718. The van der Waals surface area contributed by atoms with E-state index in [1.807, 2.05) is 35.0 Å². The quantitative estimate of drug-likeness (QED) is 0.818. The van der Waals surface area contributed by atoms with Crippen molar-refractivity contribution in [1.29, 1.82) is 0 Å². The number of nitrogens with zero attached hydrogens (tertiary/aromatic N) is 2. The molecule has 0 bridgehead atoms. The molecular formula is C20H24ClN3O2. The van der Waals surface area contributed by atoms with E-state index in [-0.39, 0.29) is 18.1 Å². The highest BCUT2D eigenvalue weighted by atomic mass is 35.5. The molecule has 1 aromatic heterocycles. The Labute approximate surface area is 158 Å². The number of ether oxygens (including phenoxy) is 1. The van der Waals surface area contributed by atoms with Crippen LogP contribution in [-0.2, 0) is 17.9 Å². The van der Waals surface area contributed by atoms with Crippen molar-refractivity contribution in [2.45, 2.75) is 63.8 Å². The van der Waals surface area contributed by atoms with Crippen molar-refractivity contribution in [2.24, 2.45) is 0 Å². The third-order valence-corrected chi connectivity index (χ3v) is 5.55. The molecule has 26 heavy (non-hydrogen) atoms. The number of carbonyl (C=O) groups excluding carboxylic acids is 1. The van der Waals surface area contributed by atoms with Crippen LogP contribution >= 0.6 is 11.6 Å². The van der Waals surface area contributed by atoms with E-state index in [1.54, 1.807) is 0 Å². The Kier molecular flexibility index (Phi) is 5.27. The Morgan fingerprint density at radius 2 is 1.88 bits per heavy atom. The van der Waals surface area contributed by atoms with Crippen molar-refractivity contribution in [3.8, 4) is 0 Å². The third-order valence-electron chi connectivity index (χ3n) is 5.30. The molecule has 1 saturated carbocycles. The highest BCUT2D eigenvalue weighted by Crippen LogP contribution is 2.27. The lowest BCUT2D eigenvalue weighted by Crippen LogP contribution is -2.34. The van der Waals surface area contributed by atoms with Crippen LogP contribution in [0.1, 0.15) is 66.4 Å². The molecule has 2 aliphatic rings. The normalized spacial score (nSPS) is 21.0. The van der Waals surface area contributed by atoms with Gasteiger partial charge in [-0.3, -0.25) is 9.48 Å². The lowest BCUT2D eigenvalue weighted by atomic mass is 10.1. The summed E-state index contributed by atoms with van der Waals surface area (Å²) < 4.78 is 7.85. The van der Waals surface area contributed by atoms with Gasteiger partial charge in [0.1, 0.15) is 6.10 Å². The van der Waals surface area contributed by atoms with Gasteiger partial charge in [-0.25, -0.2) is 0 Å². The Hall–Kier alpha value is -1.85. The monoisotopic (exact) mass is 373 g/mol. The maximum Gasteiger partial charge on any atom is 0.272 e. The van der Waals surface area contributed by atoms with Crippen molar-refractivity contribution in [1.82, 2.24) is 15.1 Å². The number of halogens is 1. The van der Waals surface area contributed by atoms with E-state index in [0.717, 1.165) is 24.1 Å².